The van der Waals surface area contributed by atoms with Gasteiger partial charge in [-0.2, -0.15) is 0 Å². The van der Waals surface area contributed by atoms with E-state index >= 15 is 0 Å². The van der Waals surface area contributed by atoms with E-state index in [1.165, 1.54) is 17.4 Å². The summed E-state index contributed by atoms with van der Waals surface area (Å²) < 4.78 is 6.53. The molecular formula is C24H28N4O4. The van der Waals surface area contributed by atoms with Gasteiger partial charge in [-0.15, -0.1) is 0 Å². The number of hydrogen-bond donors (Lipinski definition) is 2. The zero-order valence-corrected chi connectivity index (χ0v) is 18.3. The second-order valence-electron chi connectivity index (χ2n) is 8.29. The van der Waals surface area contributed by atoms with Crippen LogP contribution in [0.25, 0.3) is 11.1 Å². The first kappa shape index (κ1) is 21.7. The normalized spacial score (nSPS) is 15.5. The molecule has 4 rings (SSSR count). The molecule has 2 aromatic carbocycles. The van der Waals surface area contributed by atoms with Gasteiger partial charge in [0.2, 0.25) is 11.8 Å². The van der Waals surface area contributed by atoms with Gasteiger partial charge in [0.25, 0.3) is 0 Å². The topological polar surface area (TPSA) is 96.6 Å². The molecule has 8 nitrogen and oxygen atoms in total. The standard InChI is InChI=1S/C24H28N4O4/c1-16(14-22(29)26-18-8-7-9-19(15-18)27-12-5-6-13-27)25-23(30)17(2)28-20-10-3-4-11-21(20)32-24(28)31/h3-4,7-11,15-17H,5-6,12-14H2,1-2H3,(H,25,30)(H,26,29). The number of benzene rings is 2. The molecule has 1 aliphatic rings. The highest BCUT2D eigenvalue weighted by Crippen LogP contribution is 2.23. The summed E-state index contributed by atoms with van der Waals surface area (Å²) in [4.78, 5) is 39.8. The highest BCUT2D eigenvalue weighted by Gasteiger charge is 2.23. The molecule has 168 valence electrons. The van der Waals surface area contributed by atoms with Crippen molar-refractivity contribution >= 4 is 34.3 Å². The molecule has 2 atom stereocenters. The molecule has 32 heavy (non-hydrogen) atoms. The van der Waals surface area contributed by atoms with Crippen LogP contribution in [0.4, 0.5) is 11.4 Å². The Balaban J connectivity index is 1.35. The Morgan fingerprint density at radius 2 is 1.81 bits per heavy atom. The number of nitrogens with one attached hydrogen (secondary N) is 2. The molecule has 2 amide bonds. The van der Waals surface area contributed by atoms with Crippen molar-refractivity contribution in [2.75, 3.05) is 23.3 Å². The number of hydrogen-bond acceptors (Lipinski definition) is 5. The first-order valence-electron chi connectivity index (χ1n) is 11.0. The predicted molar refractivity (Wildman–Crippen MR) is 124 cm³/mol. The lowest BCUT2D eigenvalue weighted by Gasteiger charge is -2.19. The third kappa shape index (κ3) is 4.69. The molecule has 1 aromatic heterocycles. The van der Waals surface area contributed by atoms with E-state index in [4.69, 9.17) is 4.42 Å². The third-order valence-corrected chi connectivity index (χ3v) is 5.77. The van der Waals surface area contributed by atoms with Crippen LogP contribution in [0.5, 0.6) is 0 Å². The number of oxazole rings is 1. The van der Waals surface area contributed by atoms with Crippen molar-refractivity contribution < 1.29 is 14.0 Å². The number of nitrogens with zero attached hydrogens (tertiary/aromatic N) is 2. The second kappa shape index (κ2) is 9.30. The Bertz CT molecular complexity index is 1180. The summed E-state index contributed by atoms with van der Waals surface area (Å²) in [6, 6.07) is 13.6. The van der Waals surface area contributed by atoms with Gasteiger partial charge in [0.15, 0.2) is 5.58 Å². The molecule has 8 heteroatoms. The molecule has 0 spiro atoms. The van der Waals surface area contributed by atoms with Crippen LogP contribution in [-0.2, 0) is 9.59 Å². The molecule has 0 radical (unpaired) electrons. The summed E-state index contributed by atoms with van der Waals surface area (Å²) >= 11 is 0. The van der Waals surface area contributed by atoms with Gasteiger partial charge in [-0.3, -0.25) is 14.2 Å². The predicted octanol–water partition coefficient (Wildman–Crippen LogP) is 3.29. The van der Waals surface area contributed by atoms with Crippen molar-refractivity contribution in [3.63, 3.8) is 0 Å². The molecule has 1 saturated heterocycles. The number of fused-ring (bicyclic) bond motifs is 1. The SMILES string of the molecule is CC(CC(=O)Nc1cccc(N2CCCC2)c1)NC(=O)C(C)n1c(=O)oc2ccccc21. The lowest BCUT2D eigenvalue weighted by Crippen LogP contribution is -2.40. The summed E-state index contributed by atoms with van der Waals surface area (Å²) in [6.07, 6.45) is 2.49. The maximum absolute atomic E-state index is 12.7. The first-order valence-corrected chi connectivity index (χ1v) is 11.0. The number of rotatable bonds is 7. The lowest BCUT2D eigenvalue weighted by atomic mass is 10.2. The fourth-order valence-corrected chi connectivity index (χ4v) is 4.13. The molecule has 1 fully saturated rings. The zero-order chi connectivity index (χ0) is 22.7. The summed E-state index contributed by atoms with van der Waals surface area (Å²) in [7, 11) is 0. The van der Waals surface area contributed by atoms with Gasteiger partial charge >= 0.3 is 5.76 Å². The minimum atomic E-state index is -0.770. The average Bonchev–Trinajstić information content (AvgIpc) is 3.40. The molecule has 3 aromatic rings. The van der Waals surface area contributed by atoms with Gasteiger partial charge in [-0.05, 0) is 57.0 Å². The van der Waals surface area contributed by atoms with E-state index in [-0.39, 0.29) is 18.2 Å². The lowest BCUT2D eigenvalue weighted by molar-refractivity contribution is -0.124. The van der Waals surface area contributed by atoms with Gasteiger partial charge in [0.1, 0.15) is 6.04 Å². The maximum atomic E-state index is 12.7. The van der Waals surface area contributed by atoms with Gasteiger partial charge < -0.3 is 20.0 Å². The number of amides is 2. The summed E-state index contributed by atoms with van der Waals surface area (Å²) in [5.74, 6) is -1.12. The fraction of sp³-hybridized carbons (Fsp3) is 0.375. The summed E-state index contributed by atoms with van der Waals surface area (Å²) in [5, 5.41) is 5.74. The van der Waals surface area contributed by atoms with E-state index in [0.29, 0.717) is 11.1 Å². The molecule has 0 saturated carbocycles. The molecule has 2 unspecified atom stereocenters. The molecule has 2 heterocycles. The van der Waals surface area contributed by atoms with E-state index < -0.39 is 17.8 Å². The van der Waals surface area contributed by atoms with Crippen LogP contribution in [0.1, 0.15) is 39.2 Å². The van der Waals surface area contributed by atoms with Crippen LogP contribution in [0.3, 0.4) is 0 Å². The Hall–Kier alpha value is -3.55. The summed E-state index contributed by atoms with van der Waals surface area (Å²) in [6.45, 7) is 5.47. The highest BCUT2D eigenvalue weighted by molar-refractivity contribution is 5.92. The van der Waals surface area contributed by atoms with Crippen molar-refractivity contribution in [1.82, 2.24) is 9.88 Å². The smallest absolute Gasteiger partial charge is 0.408 e. The van der Waals surface area contributed by atoms with E-state index in [1.807, 2.05) is 24.3 Å². The maximum Gasteiger partial charge on any atom is 0.420 e. The van der Waals surface area contributed by atoms with Gasteiger partial charge in [0, 0.05) is 36.9 Å². The van der Waals surface area contributed by atoms with Crippen molar-refractivity contribution in [1.29, 1.82) is 0 Å². The third-order valence-electron chi connectivity index (χ3n) is 5.77. The van der Waals surface area contributed by atoms with Gasteiger partial charge in [0.05, 0.1) is 5.52 Å². The number of para-hydroxylation sites is 2. The molecule has 0 bridgehead atoms. The van der Waals surface area contributed by atoms with Crippen LogP contribution in [0, 0.1) is 0 Å². The monoisotopic (exact) mass is 436 g/mol. The van der Waals surface area contributed by atoms with Crippen LogP contribution in [0.15, 0.2) is 57.7 Å². The Labute approximate surface area is 186 Å². The van der Waals surface area contributed by atoms with E-state index in [2.05, 4.69) is 15.5 Å². The quantitative estimate of drug-likeness (QED) is 0.592. The van der Waals surface area contributed by atoms with E-state index in [9.17, 15) is 14.4 Å². The van der Waals surface area contributed by atoms with Crippen LogP contribution >= 0.6 is 0 Å². The number of aromatic nitrogens is 1. The number of carbonyl (C=O) groups excluding carboxylic acids is 2. The minimum Gasteiger partial charge on any atom is -0.408 e. The largest absolute Gasteiger partial charge is 0.420 e. The average molecular weight is 437 g/mol. The van der Waals surface area contributed by atoms with Crippen molar-refractivity contribution in [3.8, 4) is 0 Å². The Kier molecular flexibility index (Phi) is 6.30. The fourth-order valence-electron chi connectivity index (χ4n) is 4.13. The van der Waals surface area contributed by atoms with E-state index in [0.717, 1.165) is 24.5 Å². The van der Waals surface area contributed by atoms with Crippen LogP contribution in [0.2, 0.25) is 0 Å². The van der Waals surface area contributed by atoms with Crippen molar-refractivity contribution in [3.05, 3.63) is 59.1 Å². The number of carbonyl (C=O) groups is 2. The van der Waals surface area contributed by atoms with E-state index in [1.54, 1.807) is 38.1 Å². The van der Waals surface area contributed by atoms with Gasteiger partial charge in [-0.1, -0.05) is 18.2 Å². The Morgan fingerprint density at radius 1 is 1.06 bits per heavy atom. The molecule has 2 N–H and O–H groups in total. The zero-order valence-electron chi connectivity index (χ0n) is 18.3. The summed E-state index contributed by atoms with van der Waals surface area (Å²) in [5.41, 5.74) is 2.83. The number of anilines is 2. The molecule has 0 aliphatic carbocycles. The van der Waals surface area contributed by atoms with Crippen molar-refractivity contribution in [2.45, 2.75) is 45.2 Å². The first-order chi connectivity index (χ1) is 15.4. The molecular weight excluding hydrogens is 408 g/mol. The molecule has 1 aliphatic heterocycles. The minimum absolute atomic E-state index is 0.118. The second-order valence-corrected chi connectivity index (χ2v) is 8.29. The van der Waals surface area contributed by atoms with Gasteiger partial charge in [-0.25, -0.2) is 4.79 Å². The Morgan fingerprint density at radius 3 is 2.59 bits per heavy atom. The van der Waals surface area contributed by atoms with Crippen LogP contribution < -0.4 is 21.3 Å². The highest BCUT2D eigenvalue weighted by atomic mass is 16.4. The van der Waals surface area contributed by atoms with Crippen LogP contribution in [-0.4, -0.2) is 35.5 Å². The van der Waals surface area contributed by atoms with Crippen molar-refractivity contribution in [2.24, 2.45) is 0 Å².